The summed E-state index contributed by atoms with van der Waals surface area (Å²) in [4.78, 5) is 23.7. The van der Waals surface area contributed by atoms with Gasteiger partial charge < -0.3 is 29.4 Å². The third kappa shape index (κ3) is 5.06. The summed E-state index contributed by atoms with van der Waals surface area (Å²) in [5.74, 6) is 0.0811. The maximum Gasteiger partial charge on any atom is 0.339 e. The number of carboxylic acids is 1. The van der Waals surface area contributed by atoms with Crippen LogP contribution in [0, 0.1) is 0 Å². The summed E-state index contributed by atoms with van der Waals surface area (Å²) >= 11 is 0. The van der Waals surface area contributed by atoms with Crippen LogP contribution in [-0.2, 0) is 11.3 Å². The summed E-state index contributed by atoms with van der Waals surface area (Å²) in [6.45, 7) is 1.78. The summed E-state index contributed by atoms with van der Waals surface area (Å²) in [6, 6.07) is 9.62. The molecule has 0 bridgehead atoms. The second-order valence-corrected chi connectivity index (χ2v) is 5.83. The quantitative estimate of drug-likeness (QED) is 0.679. The Kier molecular flexibility index (Phi) is 7.08. The van der Waals surface area contributed by atoms with Gasteiger partial charge in [-0.25, -0.2) is 4.79 Å². The van der Waals surface area contributed by atoms with Crippen LogP contribution in [0.2, 0.25) is 0 Å². The number of methoxy groups -OCH3 is 3. The normalized spacial score (nSPS) is 11.3. The van der Waals surface area contributed by atoms with Crippen molar-refractivity contribution in [2.75, 3.05) is 21.3 Å². The van der Waals surface area contributed by atoms with Crippen LogP contribution in [0.15, 0.2) is 36.4 Å². The first-order valence-electron chi connectivity index (χ1n) is 8.46. The van der Waals surface area contributed by atoms with Crippen molar-refractivity contribution in [2.24, 2.45) is 0 Å². The van der Waals surface area contributed by atoms with Crippen LogP contribution in [-0.4, -0.2) is 44.4 Å². The second kappa shape index (κ2) is 9.50. The van der Waals surface area contributed by atoms with Gasteiger partial charge in [0.25, 0.3) is 5.91 Å². The van der Waals surface area contributed by atoms with E-state index in [4.69, 9.17) is 18.9 Å². The minimum Gasteiger partial charge on any atom is -0.497 e. The average Bonchev–Trinajstić information content (AvgIpc) is 2.71. The molecule has 0 fully saturated rings. The molecule has 2 aromatic carbocycles. The van der Waals surface area contributed by atoms with Crippen LogP contribution in [0.25, 0.3) is 0 Å². The number of nitrogens with one attached hydrogen (secondary N) is 1. The molecule has 0 heterocycles. The van der Waals surface area contributed by atoms with Gasteiger partial charge in [0.2, 0.25) is 0 Å². The lowest BCUT2D eigenvalue weighted by Crippen LogP contribution is -2.36. The van der Waals surface area contributed by atoms with E-state index in [1.807, 2.05) is 0 Å². The van der Waals surface area contributed by atoms with Crippen LogP contribution in [0.1, 0.15) is 22.8 Å². The molecule has 2 aromatic rings. The first kappa shape index (κ1) is 20.9. The summed E-state index contributed by atoms with van der Waals surface area (Å²) in [5.41, 5.74) is 0.756. The number of aromatic carboxylic acids is 1. The van der Waals surface area contributed by atoms with E-state index < -0.39 is 18.0 Å². The monoisotopic (exact) mass is 389 g/mol. The lowest BCUT2D eigenvalue weighted by Gasteiger charge is -2.17. The van der Waals surface area contributed by atoms with E-state index in [0.29, 0.717) is 17.2 Å². The molecule has 1 amide bonds. The average molecular weight is 389 g/mol. The van der Waals surface area contributed by atoms with Gasteiger partial charge in [-0.15, -0.1) is 0 Å². The fourth-order valence-electron chi connectivity index (χ4n) is 2.47. The fourth-order valence-corrected chi connectivity index (χ4v) is 2.47. The molecule has 2 rings (SSSR count). The number of carboxylic acid groups (broad SMARTS) is 1. The SMILES string of the molecule is COc1ccc(C(=O)O)c(OC(C)C(=O)NCc2ccc(OC)c(OC)c2)c1. The molecule has 0 aliphatic heterocycles. The van der Waals surface area contributed by atoms with Crippen LogP contribution in [0.3, 0.4) is 0 Å². The van der Waals surface area contributed by atoms with Gasteiger partial charge in [-0.05, 0) is 36.8 Å². The number of ether oxygens (including phenoxy) is 4. The van der Waals surface area contributed by atoms with E-state index in [0.717, 1.165) is 5.56 Å². The first-order chi connectivity index (χ1) is 13.4. The minimum absolute atomic E-state index is 0.0552. The Labute approximate surface area is 163 Å². The van der Waals surface area contributed by atoms with Crippen LogP contribution in [0.5, 0.6) is 23.0 Å². The molecule has 1 atom stereocenters. The Balaban J connectivity index is 2.05. The van der Waals surface area contributed by atoms with Crippen molar-refractivity contribution in [1.29, 1.82) is 0 Å². The molecule has 0 aliphatic carbocycles. The molecule has 0 radical (unpaired) electrons. The Hall–Kier alpha value is -3.42. The highest BCUT2D eigenvalue weighted by Crippen LogP contribution is 2.28. The Morgan fingerprint density at radius 1 is 0.964 bits per heavy atom. The molecule has 1 unspecified atom stereocenters. The fraction of sp³-hybridized carbons (Fsp3) is 0.300. The number of hydrogen-bond acceptors (Lipinski definition) is 6. The Morgan fingerprint density at radius 2 is 1.68 bits per heavy atom. The lowest BCUT2D eigenvalue weighted by atomic mass is 10.2. The van der Waals surface area contributed by atoms with Crippen molar-refractivity contribution < 1.29 is 33.6 Å². The van der Waals surface area contributed by atoms with Gasteiger partial charge in [0.1, 0.15) is 17.1 Å². The van der Waals surface area contributed by atoms with Crippen LogP contribution < -0.4 is 24.3 Å². The molecule has 150 valence electrons. The van der Waals surface area contributed by atoms with Crippen LogP contribution in [0.4, 0.5) is 0 Å². The van der Waals surface area contributed by atoms with Crippen molar-refractivity contribution in [1.82, 2.24) is 5.32 Å². The third-order valence-corrected chi connectivity index (χ3v) is 4.01. The molecule has 0 spiro atoms. The predicted molar refractivity (Wildman–Crippen MR) is 101 cm³/mol. The van der Waals surface area contributed by atoms with E-state index >= 15 is 0 Å². The molecule has 2 N–H and O–H groups in total. The Bertz CT molecular complexity index is 850. The molecular weight excluding hydrogens is 366 g/mol. The largest absolute Gasteiger partial charge is 0.497 e. The number of benzene rings is 2. The smallest absolute Gasteiger partial charge is 0.339 e. The molecule has 8 heteroatoms. The topological polar surface area (TPSA) is 103 Å². The van der Waals surface area contributed by atoms with Gasteiger partial charge in [-0.2, -0.15) is 0 Å². The van der Waals surface area contributed by atoms with Crippen LogP contribution >= 0.6 is 0 Å². The summed E-state index contributed by atoms with van der Waals surface area (Å²) in [5, 5.41) is 12.0. The van der Waals surface area contributed by atoms with Gasteiger partial charge in [0.05, 0.1) is 21.3 Å². The van der Waals surface area contributed by atoms with Crippen molar-refractivity contribution in [3.8, 4) is 23.0 Å². The summed E-state index contributed by atoms with van der Waals surface area (Å²) < 4.78 is 21.1. The van der Waals surface area contributed by atoms with Crippen molar-refractivity contribution in [3.63, 3.8) is 0 Å². The number of carbonyl (C=O) groups is 2. The van der Waals surface area contributed by atoms with Gasteiger partial charge in [-0.1, -0.05) is 6.07 Å². The van der Waals surface area contributed by atoms with E-state index in [1.54, 1.807) is 25.3 Å². The number of rotatable bonds is 9. The predicted octanol–water partition coefficient (Wildman–Crippen LogP) is 2.49. The van der Waals surface area contributed by atoms with E-state index in [-0.39, 0.29) is 17.9 Å². The third-order valence-electron chi connectivity index (χ3n) is 4.01. The number of amides is 1. The highest BCUT2D eigenvalue weighted by atomic mass is 16.5. The zero-order chi connectivity index (χ0) is 20.7. The summed E-state index contributed by atoms with van der Waals surface area (Å²) in [7, 11) is 4.53. The molecule has 0 saturated carbocycles. The maximum atomic E-state index is 12.4. The highest BCUT2D eigenvalue weighted by molar-refractivity contribution is 5.91. The number of hydrogen-bond donors (Lipinski definition) is 2. The van der Waals surface area contributed by atoms with E-state index in [2.05, 4.69) is 5.32 Å². The molecular formula is C20H23NO7. The minimum atomic E-state index is -1.16. The van der Waals surface area contributed by atoms with Gasteiger partial charge >= 0.3 is 5.97 Å². The zero-order valence-corrected chi connectivity index (χ0v) is 16.1. The molecule has 0 aromatic heterocycles. The first-order valence-corrected chi connectivity index (χ1v) is 8.46. The van der Waals surface area contributed by atoms with E-state index in [9.17, 15) is 14.7 Å². The molecule has 0 aliphatic rings. The maximum absolute atomic E-state index is 12.4. The molecule has 8 nitrogen and oxygen atoms in total. The van der Waals surface area contributed by atoms with Gasteiger partial charge in [-0.3, -0.25) is 4.79 Å². The van der Waals surface area contributed by atoms with Gasteiger partial charge in [0, 0.05) is 12.6 Å². The number of carbonyl (C=O) groups excluding carboxylic acids is 1. The van der Waals surface area contributed by atoms with Crippen molar-refractivity contribution in [3.05, 3.63) is 47.5 Å². The molecule has 28 heavy (non-hydrogen) atoms. The van der Waals surface area contributed by atoms with Crippen molar-refractivity contribution in [2.45, 2.75) is 19.6 Å². The van der Waals surface area contributed by atoms with E-state index in [1.165, 1.54) is 39.3 Å². The Morgan fingerprint density at radius 3 is 2.29 bits per heavy atom. The highest BCUT2D eigenvalue weighted by Gasteiger charge is 2.19. The lowest BCUT2D eigenvalue weighted by molar-refractivity contribution is -0.127. The standard InChI is InChI=1S/C20H23NO7/c1-12(28-17-10-14(25-2)6-7-15(17)20(23)24)19(22)21-11-13-5-8-16(26-3)18(9-13)27-4/h5-10,12H,11H2,1-4H3,(H,21,22)(H,23,24). The molecule has 0 saturated heterocycles. The van der Waals surface area contributed by atoms with Gasteiger partial charge in [0.15, 0.2) is 17.6 Å². The summed E-state index contributed by atoms with van der Waals surface area (Å²) in [6.07, 6.45) is -0.912. The zero-order valence-electron chi connectivity index (χ0n) is 16.1. The second-order valence-electron chi connectivity index (χ2n) is 5.83. The van der Waals surface area contributed by atoms with Crippen molar-refractivity contribution >= 4 is 11.9 Å².